The Bertz CT molecular complexity index is 1480. The number of alkyl halides is 6. The molecule has 3 aromatic carbocycles. The molecule has 2 N–H and O–H groups in total. The molecule has 0 aliphatic carbocycles. The summed E-state index contributed by atoms with van der Waals surface area (Å²) in [6.45, 7) is 5.96. The average Bonchev–Trinajstić information content (AvgIpc) is 2.89. The predicted molar refractivity (Wildman–Crippen MR) is 144 cm³/mol. The van der Waals surface area contributed by atoms with Crippen molar-refractivity contribution in [3.8, 4) is 16.9 Å². The van der Waals surface area contributed by atoms with Crippen molar-refractivity contribution in [1.29, 1.82) is 0 Å². The second-order valence-corrected chi connectivity index (χ2v) is 9.60. The highest BCUT2D eigenvalue weighted by molar-refractivity contribution is 5.93. The minimum absolute atomic E-state index is 0.128. The summed E-state index contributed by atoms with van der Waals surface area (Å²) in [6, 6.07) is 12.8. The number of nitrogens with zero attached hydrogens (tertiary/aromatic N) is 2. The molecule has 0 unspecified atom stereocenters. The van der Waals surface area contributed by atoms with Crippen molar-refractivity contribution in [2.24, 2.45) is 0 Å². The van der Waals surface area contributed by atoms with Crippen LogP contribution in [0.2, 0.25) is 0 Å². The molecule has 1 heterocycles. The standard InChI is InChI=1S/C30H29F6N3O/c1-3-12-39(13-4-2)18-20-15-23(17-25(28(20)40)19-6-5-7-21(14-19)29(31,32)33)38-26-10-11-37-27-16-22(30(34,35)36)8-9-24(26)27/h5-11,14-17,40H,3-4,12-13,18H2,1-2H3,(H,37,38). The molecule has 0 bridgehead atoms. The van der Waals surface area contributed by atoms with Crippen LogP contribution in [0.25, 0.3) is 22.0 Å². The fourth-order valence-corrected chi connectivity index (χ4v) is 4.70. The lowest BCUT2D eigenvalue weighted by atomic mass is 9.97. The molecular formula is C30H29F6N3O. The summed E-state index contributed by atoms with van der Waals surface area (Å²) in [5.41, 5.74) is 0.288. The minimum atomic E-state index is -4.56. The monoisotopic (exact) mass is 561 g/mol. The van der Waals surface area contributed by atoms with Gasteiger partial charge in [0.2, 0.25) is 0 Å². The number of benzene rings is 3. The fourth-order valence-electron chi connectivity index (χ4n) is 4.70. The predicted octanol–water partition coefficient (Wildman–Crippen LogP) is 9.01. The maximum atomic E-state index is 13.5. The van der Waals surface area contributed by atoms with E-state index in [9.17, 15) is 31.4 Å². The van der Waals surface area contributed by atoms with Crippen molar-refractivity contribution < 1.29 is 31.4 Å². The van der Waals surface area contributed by atoms with Crippen molar-refractivity contribution in [2.75, 3.05) is 18.4 Å². The molecule has 0 atom stereocenters. The van der Waals surface area contributed by atoms with E-state index in [0.29, 0.717) is 28.9 Å². The maximum absolute atomic E-state index is 13.5. The van der Waals surface area contributed by atoms with Gasteiger partial charge in [-0.1, -0.05) is 32.0 Å². The van der Waals surface area contributed by atoms with Gasteiger partial charge in [0.1, 0.15) is 5.75 Å². The number of hydrogen-bond acceptors (Lipinski definition) is 4. The highest BCUT2D eigenvalue weighted by Crippen LogP contribution is 2.40. The maximum Gasteiger partial charge on any atom is 0.416 e. The number of phenols is 1. The SMILES string of the molecule is CCCN(CCC)Cc1cc(Nc2ccnc3cc(C(F)(F)F)ccc23)cc(-c2cccc(C(F)(F)F)c2)c1O. The first-order valence-corrected chi connectivity index (χ1v) is 12.9. The van der Waals surface area contributed by atoms with Gasteiger partial charge in [-0.25, -0.2) is 0 Å². The third-order valence-electron chi connectivity index (χ3n) is 6.51. The Kier molecular flexibility index (Phi) is 8.58. The number of nitrogens with one attached hydrogen (secondary N) is 1. The largest absolute Gasteiger partial charge is 0.507 e. The van der Waals surface area contributed by atoms with E-state index in [2.05, 4.69) is 15.2 Å². The van der Waals surface area contributed by atoms with Gasteiger partial charge >= 0.3 is 12.4 Å². The second kappa shape index (κ2) is 11.8. The Morgan fingerprint density at radius 1 is 0.825 bits per heavy atom. The Balaban J connectivity index is 1.82. The van der Waals surface area contributed by atoms with E-state index < -0.39 is 23.5 Å². The molecule has 0 fully saturated rings. The number of anilines is 2. The lowest BCUT2D eigenvalue weighted by molar-refractivity contribution is -0.138. The van der Waals surface area contributed by atoms with E-state index in [1.165, 1.54) is 30.5 Å². The van der Waals surface area contributed by atoms with Gasteiger partial charge in [-0.05, 0) is 74.0 Å². The van der Waals surface area contributed by atoms with E-state index in [4.69, 9.17) is 0 Å². The molecule has 1 aromatic heterocycles. The van der Waals surface area contributed by atoms with Gasteiger partial charge in [-0.3, -0.25) is 9.88 Å². The summed E-state index contributed by atoms with van der Waals surface area (Å²) in [5.74, 6) is -0.128. The van der Waals surface area contributed by atoms with Gasteiger partial charge < -0.3 is 10.4 Å². The smallest absolute Gasteiger partial charge is 0.416 e. The van der Waals surface area contributed by atoms with Crippen LogP contribution in [0.5, 0.6) is 5.75 Å². The number of halogens is 6. The average molecular weight is 562 g/mol. The van der Waals surface area contributed by atoms with Crippen LogP contribution in [-0.4, -0.2) is 28.1 Å². The van der Waals surface area contributed by atoms with E-state index in [-0.39, 0.29) is 22.4 Å². The first kappa shape index (κ1) is 29.2. The molecule has 4 aromatic rings. The second-order valence-electron chi connectivity index (χ2n) is 9.60. The zero-order valence-corrected chi connectivity index (χ0v) is 22.0. The molecule has 212 valence electrons. The molecule has 4 rings (SSSR count). The summed E-state index contributed by atoms with van der Waals surface area (Å²) < 4.78 is 80.1. The molecule has 0 saturated carbocycles. The number of aromatic nitrogens is 1. The number of phenolic OH excluding ortho intramolecular Hbond substituents is 1. The van der Waals surface area contributed by atoms with Crippen molar-refractivity contribution in [1.82, 2.24) is 9.88 Å². The molecule has 4 nitrogen and oxygen atoms in total. The molecule has 0 radical (unpaired) electrons. The quantitative estimate of drug-likeness (QED) is 0.158. The van der Waals surface area contributed by atoms with Crippen LogP contribution < -0.4 is 5.32 Å². The van der Waals surface area contributed by atoms with Crippen molar-refractivity contribution in [3.63, 3.8) is 0 Å². The van der Waals surface area contributed by atoms with Crippen LogP contribution in [0.15, 0.2) is 66.9 Å². The Hall–Kier alpha value is -3.79. The number of aromatic hydroxyl groups is 1. The molecular weight excluding hydrogens is 532 g/mol. The van der Waals surface area contributed by atoms with Gasteiger partial charge in [0.15, 0.2) is 0 Å². The number of rotatable bonds is 9. The normalized spacial score (nSPS) is 12.3. The topological polar surface area (TPSA) is 48.4 Å². The van der Waals surface area contributed by atoms with E-state index >= 15 is 0 Å². The van der Waals surface area contributed by atoms with Crippen LogP contribution >= 0.6 is 0 Å². The zero-order valence-electron chi connectivity index (χ0n) is 22.0. The summed E-state index contributed by atoms with van der Waals surface area (Å²) in [6.07, 6.45) is -5.95. The van der Waals surface area contributed by atoms with Gasteiger partial charge in [0.25, 0.3) is 0 Å². The Morgan fingerprint density at radius 2 is 1.50 bits per heavy atom. The van der Waals surface area contributed by atoms with Crippen LogP contribution in [0, 0.1) is 0 Å². The van der Waals surface area contributed by atoms with E-state index in [1.807, 2.05) is 13.8 Å². The molecule has 0 aliphatic heterocycles. The molecule has 0 aliphatic rings. The number of pyridine rings is 1. The molecule has 0 amide bonds. The minimum Gasteiger partial charge on any atom is -0.507 e. The summed E-state index contributed by atoms with van der Waals surface area (Å²) >= 11 is 0. The molecule has 40 heavy (non-hydrogen) atoms. The Labute approximate surface area is 228 Å². The van der Waals surface area contributed by atoms with Gasteiger partial charge in [-0.2, -0.15) is 26.3 Å². The van der Waals surface area contributed by atoms with Crippen molar-refractivity contribution in [3.05, 3.63) is 83.6 Å². The van der Waals surface area contributed by atoms with E-state index in [0.717, 1.165) is 50.2 Å². The van der Waals surface area contributed by atoms with Crippen LogP contribution in [-0.2, 0) is 18.9 Å². The summed E-state index contributed by atoms with van der Waals surface area (Å²) in [4.78, 5) is 6.22. The Morgan fingerprint density at radius 3 is 2.15 bits per heavy atom. The van der Waals surface area contributed by atoms with Gasteiger partial charge in [-0.15, -0.1) is 0 Å². The van der Waals surface area contributed by atoms with Gasteiger partial charge in [0.05, 0.1) is 16.6 Å². The van der Waals surface area contributed by atoms with Crippen LogP contribution in [0.3, 0.4) is 0 Å². The first-order chi connectivity index (χ1) is 18.9. The molecule has 0 spiro atoms. The van der Waals surface area contributed by atoms with Gasteiger partial charge in [0, 0.05) is 40.6 Å². The lowest BCUT2D eigenvalue weighted by Crippen LogP contribution is -2.25. The number of hydrogen-bond donors (Lipinski definition) is 2. The summed E-state index contributed by atoms with van der Waals surface area (Å²) in [5, 5.41) is 14.9. The molecule has 0 saturated heterocycles. The van der Waals surface area contributed by atoms with Crippen molar-refractivity contribution in [2.45, 2.75) is 45.6 Å². The fraction of sp³-hybridized carbons (Fsp3) is 0.300. The van der Waals surface area contributed by atoms with E-state index in [1.54, 1.807) is 12.1 Å². The zero-order chi connectivity index (χ0) is 29.1. The first-order valence-electron chi connectivity index (χ1n) is 12.9. The van der Waals surface area contributed by atoms with Crippen LogP contribution in [0.1, 0.15) is 43.4 Å². The summed E-state index contributed by atoms with van der Waals surface area (Å²) in [7, 11) is 0. The van der Waals surface area contributed by atoms with Crippen molar-refractivity contribution >= 4 is 22.3 Å². The van der Waals surface area contributed by atoms with Crippen LogP contribution in [0.4, 0.5) is 37.7 Å². The third-order valence-corrected chi connectivity index (χ3v) is 6.51. The lowest BCUT2D eigenvalue weighted by Gasteiger charge is -2.23. The highest BCUT2D eigenvalue weighted by Gasteiger charge is 2.31. The third kappa shape index (κ3) is 6.67. The number of fused-ring (bicyclic) bond motifs is 1. The highest BCUT2D eigenvalue weighted by atomic mass is 19.4. The molecule has 10 heteroatoms.